The van der Waals surface area contributed by atoms with Crippen LogP contribution in [0.25, 0.3) is 11.0 Å². The van der Waals surface area contributed by atoms with Crippen LogP contribution in [0.3, 0.4) is 0 Å². The molecule has 0 bridgehead atoms. The average molecular weight is 352 g/mol. The van der Waals surface area contributed by atoms with Gasteiger partial charge >= 0.3 is 0 Å². The highest BCUT2D eigenvalue weighted by molar-refractivity contribution is 5.77. The number of nitrogens with zero attached hydrogens (tertiary/aromatic N) is 5. The monoisotopic (exact) mass is 352 g/mol. The Morgan fingerprint density at radius 1 is 1.35 bits per heavy atom. The Labute approximate surface area is 152 Å². The van der Waals surface area contributed by atoms with Crippen molar-refractivity contribution in [2.45, 2.75) is 58.2 Å². The van der Waals surface area contributed by atoms with Crippen molar-refractivity contribution >= 4 is 16.9 Å². The third kappa shape index (κ3) is 3.21. The molecule has 0 saturated heterocycles. The molecule has 0 aliphatic carbocycles. The number of para-hydroxylation sites is 2. The van der Waals surface area contributed by atoms with Crippen molar-refractivity contribution in [3.63, 3.8) is 0 Å². The quantitative estimate of drug-likeness (QED) is 0.766. The zero-order chi connectivity index (χ0) is 18.1. The topological polar surface area (TPSA) is 77.6 Å². The van der Waals surface area contributed by atoms with Crippen LogP contribution in [0, 0.1) is 0 Å². The number of rotatable bonds is 5. The second-order valence-corrected chi connectivity index (χ2v) is 7.15. The van der Waals surface area contributed by atoms with Crippen LogP contribution in [0.5, 0.6) is 0 Å². The number of carbonyl (C=O) groups is 1. The molecule has 1 aliphatic rings. The standard InChI is InChI=1S/C19H24N6O/c1-13(2)18-22-19-15(7-5-10-25(19)23-18)21-17(26)9-11-24-12-20-14-6-3-4-8-16(14)24/h3-4,6,8,12-13,15H,5,7,9-11H2,1-2H3,(H,21,26). The summed E-state index contributed by atoms with van der Waals surface area (Å²) in [6.07, 6.45) is 4.13. The molecular formula is C19H24N6O. The third-order valence-electron chi connectivity index (χ3n) is 4.85. The fourth-order valence-electron chi connectivity index (χ4n) is 3.43. The van der Waals surface area contributed by atoms with Crippen molar-refractivity contribution in [2.24, 2.45) is 0 Å². The maximum absolute atomic E-state index is 12.5. The molecule has 1 aliphatic heterocycles. The lowest BCUT2D eigenvalue weighted by Crippen LogP contribution is -2.33. The summed E-state index contributed by atoms with van der Waals surface area (Å²) >= 11 is 0. The van der Waals surface area contributed by atoms with E-state index in [1.807, 2.05) is 33.5 Å². The van der Waals surface area contributed by atoms with Crippen LogP contribution in [0.4, 0.5) is 0 Å². The van der Waals surface area contributed by atoms with Gasteiger partial charge in [-0.2, -0.15) is 5.10 Å². The van der Waals surface area contributed by atoms with Crippen LogP contribution in [-0.4, -0.2) is 30.2 Å². The molecule has 26 heavy (non-hydrogen) atoms. The van der Waals surface area contributed by atoms with E-state index in [1.54, 1.807) is 6.33 Å². The predicted molar refractivity (Wildman–Crippen MR) is 98.6 cm³/mol. The van der Waals surface area contributed by atoms with Crippen molar-refractivity contribution < 1.29 is 4.79 Å². The van der Waals surface area contributed by atoms with Gasteiger partial charge in [-0.1, -0.05) is 26.0 Å². The number of hydrogen-bond acceptors (Lipinski definition) is 4. The molecule has 1 unspecified atom stereocenters. The van der Waals surface area contributed by atoms with Gasteiger partial charge in [0.25, 0.3) is 0 Å². The van der Waals surface area contributed by atoms with Crippen molar-refractivity contribution in [3.8, 4) is 0 Å². The average Bonchev–Trinajstić information content (AvgIpc) is 3.25. The van der Waals surface area contributed by atoms with E-state index >= 15 is 0 Å². The number of carbonyl (C=O) groups excluding carboxylic acids is 1. The number of benzene rings is 1. The summed E-state index contributed by atoms with van der Waals surface area (Å²) in [5, 5.41) is 7.71. The minimum atomic E-state index is -0.0456. The van der Waals surface area contributed by atoms with E-state index in [2.05, 4.69) is 34.2 Å². The van der Waals surface area contributed by atoms with Gasteiger partial charge in [0.1, 0.15) is 5.82 Å². The summed E-state index contributed by atoms with van der Waals surface area (Å²) < 4.78 is 3.97. The number of aryl methyl sites for hydroxylation is 2. The SMILES string of the molecule is CC(C)c1nc2n(n1)CCCC2NC(=O)CCn1cnc2ccccc21. The Bertz CT molecular complexity index is 925. The van der Waals surface area contributed by atoms with Crippen molar-refractivity contribution in [2.75, 3.05) is 0 Å². The summed E-state index contributed by atoms with van der Waals surface area (Å²) in [6.45, 7) is 5.67. The first-order valence-electron chi connectivity index (χ1n) is 9.25. The molecule has 2 aromatic heterocycles. The van der Waals surface area contributed by atoms with Crippen LogP contribution < -0.4 is 5.32 Å². The summed E-state index contributed by atoms with van der Waals surface area (Å²) in [4.78, 5) is 21.5. The van der Waals surface area contributed by atoms with Crippen LogP contribution in [0.1, 0.15) is 56.7 Å². The lowest BCUT2D eigenvalue weighted by Gasteiger charge is -2.23. The molecule has 1 aromatic carbocycles. The molecule has 0 spiro atoms. The first kappa shape index (κ1) is 16.8. The Morgan fingerprint density at radius 3 is 3.04 bits per heavy atom. The molecule has 4 rings (SSSR count). The second kappa shape index (κ2) is 6.90. The zero-order valence-corrected chi connectivity index (χ0v) is 15.2. The highest BCUT2D eigenvalue weighted by atomic mass is 16.1. The van der Waals surface area contributed by atoms with Crippen molar-refractivity contribution in [3.05, 3.63) is 42.2 Å². The fraction of sp³-hybridized carbons (Fsp3) is 0.474. The smallest absolute Gasteiger partial charge is 0.222 e. The van der Waals surface area contributed by atoms with E-state index < -0.39 is 0 Å². The van der Waals surface area contributed by atoms with Crippen LogP contribution in [-0.2, 0) is 17.9 Å². The van der Waals surface area contributed by atoms with E-state index in [-0.39, 0.29) is 11.9 Å². The molecule has 1 atom stereocenters. The molecule has 0 radical (unpaired) electrons. The fourth-order valence-corrected chi connectivity index (χ4v) is 3.43. The van der Waals surface area contributed by atoms with E-state index in [0.717, 1.165) is 42.1 Å². The summed E-state index contributed by atoms with van der Waals surface area (Å²) in [7, 11) is 0. The van der Waals surface area contributed by atoms with Gasteiger partial charge in [-0.15, -0.1) is 0 Å². The first-order chi connectivity index (χ1) is 12.6. The van der Waals surface area contributed by atoms with E-state index in [0.29, 0.717) is 18.9 Å². The van der Waals surface area contributed by atoms with Gasteiger partial charge < -0.3 is 9.88 Å². The first-order valence-corrected chi connectivity index (χ1v) is 9.25. The summed E-state index contributed by atoms with van der Waals surface area (Å²) in [5.74, 6) is 2.07. The number of imidazole rings is 1. The Kier molecular flexibility index (Phi) is 4.44. The van der Waals surface area contributed by atoms with Crippen LogP contribution in [0.2, 0.25) is 0 Å². The Hall–Kier alpha value is -2.70. The van der Waals surface area contributed by atoms with Crippen molar-refractivity contribution in [1.29, 1.82) is 0 Å². The third-order valence-corrected chi connectivity index (χ3v) is 4.85. The van der Waals surface area contributed by atoms with E-state index in [4.69, 9.17) is 0 Å². The Balaban J connectivity index is 1.41. The maximum Gasteiger partial charge on any atom is 0.222 e. The van der Waals surface area contributed by atoms with Crippen molar-refractivity contribution in [1.82, 2.24) is 29.6 Å². The largest absolute Gasteiger partial charge is 0.346 e. The normalized spacial score (nSPS) is 16.8. The van der Waals surface area contributed by atoms with E-state index in [1.165, 1.54) is 0 Å². The molecule has 1 amide bonds. The predicted octanol–water partition coefficient (Wildman–Crippen LogP) is 2.79. The van der Waals surface area contributed by atoms with Gasteiger partial charge in [-0.05, 0) is 25.0 Å². The zero-order valence-electron chi connectivity index (χ0n) is 15.2. The molecule has 0 saturated carbocycles. The number of nitrogens with one attached hydrogen (secondary N) is 1. The number of fused-ring (bicyclic) bond motifs is 2. The van der Waals surface area contributed by atoms with Crippen LogP contribution in [0.15, 0.2) is 30.6 Å². The number of amides is 1. The number of hydrogen-bond donors (Lipinski definition) is 1. The maximum atomic E-state index is 12.5. The minimum absolute atomic E-state index is 0.0373. The Morgan fingerprint density at radius 2 is 2.19 bits per heavy atom. The molecule has 0 fully saturated rings. The van der Waals surface area contributed by atoms with Crippen LogP contribution >= 0.6 is 0 Å². The molecular weight excluding hydrogens is 328 g/mol. The highest BCUT2D eigenvalue weighted by Gasteiger charge is 2.26. The minimum Gasteiger partial charge on any atom is -0.346 e. The van der Waals surface area contributed by atoms with Gasteiger partial charge in [-0.25, -0.2) is 14.6 Å². The molecule has 7 nitrogen and oxygen atoms in total. The molecule has 3 heterocycles. The lowest BCUT2D eigenvalue weighted by molar-refractivity contribution is -0.122. The molecule has 1 N–H and O–H groups in total. The highest BCUT2D eigenvalue weighted by Crippen LogP contribution is 2.25. The lowest BCUT2D eigenvalue weighted by atomic mass is 10.1. The van der Waals surface area contributed by atoms with Gasteiger partial charge in [0.05, 0.1) is 23.4 Å². The van der Waals surface area contributed by atoms with Gasteiger partial charge in [0.15, 0.2) is 5.82 Å². The summed E-state index contributed by atoms with van der Waals surface area (Å²) in [5.41, 5.74) is 2.01. The summed E-state index contributed by atoms with van der Waals surface area (Å²) in [6, 6.07) is 7.92. The molecule has 7 heteroatoms. The van der Waals surface area contributed by atoms with Gasteiger partial charge in [-0.3, -0.25) is 4.79 Å². The van der Waals surface area contributed by atoms with E-state index in [9.17, 15) is 4.79 Å². The van der Waals surface area contributed by atoms with Gasteiger partial charge in [0.2, 0.25) is 5.91 Å². The second-order valence-electron chi connectivity index (χ2n) is 7.15. The van der Waals surface area contributed by atoms with Gasteiger partial charge in [0, 0.05) is 25.4 Å². The molecule has 136 valence electrons. The molecule has 3 aromatic rings. The number of aromatic nitrogens is 5.